The Hall–Kier alpha value is -3.50. The Bertz CT molecular complexity index is 1280. The number of rotatable bonds is 7. The van der Waals surface area contributed by atoms with E-state index >= 15 is 0 Å². The summed E-state index contributed by atoms with van der Waals surface area (Å²) in [6.45, 7) is -0.147. The molecule has 1 atom stereocenters. The molecule has 0 spiro atoms. The molecule has 5 rings (SSSR count). The number of ether oxygens (including phenoxy) is 1. The predicted molar refractivity (Wildman–Crippen MR) is 125 cm³/mol. The highest BCUT2D eigenvalue weighted by atomic mass is 19.1. The van der Waals surface area contributed by atoms with E-state index in [1.54, 1.807) is 41.5 Å². The average Bonchev–Trinajstić information content (AvgIpc) is 3.45. The van der Waals surface area contributed by atoms with Crippen molar-refractivity contribution in [1.29, 1.82) is 0 Å². The fraction of sp³-hybridized carbons (Fsp3) is 0.375. The first-order valence-electron chi connectivity index (χ1n) is 11.4. The first-order valence-corrected chi connectivity index (χ1v) is 11.4. The van der Waals surface area contributed by atoms with Crippen LogP contribution in [-0.4, -0.2) is 53.6 Å². The summed E-state index contributed by atoms with van der Waals surface area (Å²) in [7, 11) is 0. The fourth-order valence-corrected chi connectivity index (χ4v) is 4.53. The Morgan fingerprint density at radius 3 is 2.74 bits per heavy atom. The maximum atomic E-state index is 14.0. The topological polar surface area (TPSA) is 124 Å². The first-order chi connectivity index (χ1) is 16.5. The number of anilines is 1. The lowest BCUT2D eigenvalue weighted by atomic mass is 9.93. The van der Waals surface area contributed by atoms with Crippen molar-refractivity contribution in [2.24, 2.45) is 0 Å². The van der Waals surface area contributed by atoms with E-state index in [4.69, 9.17) is 20.7 Å². The van der Waals surface area contributed by atoms with Gasteiger partial charge < -0.3 is 20.7 Å². The molecule has 9 nitrogen and oxygen atoms in total. The second-order valence-corrected chi connectivity index (χ2v) is 8.69. The molecule has 3 aromatic heterocycles. The van der Waals surface area contributed by atoms with Gasteiger partial charge in [-0.05, 0) is 37.8 Å². The van der Waals surface area contributed by atoms with E-state index in [1.807, 2.05) is 10.7 Å². The van der Waals surface area contributed by atoms with Gasteiger partial charge in [-0.1, -0.05) is 12.1 Å². The van der Waals surface area contributed by atoms with Gasteiger partial charge in [0.15, 0.2) is 11.6 Å². The Balaban J connectivity index is 1.38. The number of nitrogens with two attached hydrogens (primary N) is 1. The van der Waals surface area contributed by atoms with Crippen molar-refractivity contribution < 1.29 is 19.3 Å². The van der Waals surface area contributed by atoms with Crippen LogP contribution in [0.4, 0.5) is 10.2 Å². The van der Waals surface area contributed by atoms with Crippen molar-refractivity contribution in [3.05, 3.63) is 54.7 Å². The van der Waals surface area contributed by atoms with E-state index in [2.05, 4.69) is 10.1 Å². The number of hydrogen-bond acceptors (Lipinski definition) is 7. The minimum absolute atomic E-state index is 0.0441. The van der Waals surface area contributed by atoms with Gasteiger partial charge in [-0.15, -0.1) is 0 Å². The predicted octanol–water partition coefficient (Wildman–Crippen LogP) is 2.93. The average molecular weight is 467 g/mol. The van der Waals surface area contributed by atoms with Gasteiger partial charge in [0.1, 0.15) is 11.5 Å². The Morgan fingerprint density at radius 2 is 1.97 bits per heavy atom. The molecular weight excluding hydrogens is 439 g/mol. The number of benzene rings is 1. The summed E-state index contributed by atoms with van der Waals surface area (Å²) in [5, 5.41) is 28.9. The quantitative estimate of drug-likeness (QED) is 0.382. The molecule has 1 aliphatic rings. The number of pyridine rings is 1. The molecule has 1 fully saturated rings. The van der Waals surface area contributed by atoms with E-state index in [-0.39, 0.29) is 31.1 Å². The van der Waals surface area contributed by atoms with Crippen LogP contribution in [0.25, 0.3) is 22.2 Å². The van der Waals surface area contributed by atoms with Crippen LogP contribution >= 0.6 is 0 Å². The molecule has 0 saturated heterocycles. The zero-order chi connectivity index (χ0) is 23.7. The van der Waals surface area contributed by atoms with E-state index in [0.29, 0.717) is 11.6 Å². The molecule has 10 heteroatoms. The van der Waals surface area contributed by atoms with Gasteiger partial charge in [0.25, 0.3) is 0 Å². The third-order valence-corrected chi connectivity index (χ3v) is 6.25. The molecule has 3 heterocycles. The van der Waals surface area contributed by atoms with Gasteiger partial charge in [-0.25, -0.2) is 9.37 Å². The van der Waals surface area contributed by atoms with Crippen molar-refractivity contribution >= 4 is 16.7 Å². The first kappa shape index (κ1) is 22.3. The second-order valence-electron chi connectivity index (χ2n) is 8.69. The number of halogens is 1. The van der Waals surface area contributed by atoms with Gasteiger partial charge >= 0.3 is 0 Å². The van der Waals surface area contributed by atoms with Crippen LogP contribution in [0.5, 0.6) is 5.75 Å². The Morgan fingerprint density at radius 1 is 1.18 bits per heavy atom. The van der Waals surface area contributed by atoms with Crippen LogP contribution in [0.2, 0.25) is 0 Å². The standard InChI is InChI=1S/C24H27FN6O3/c25-20-3-1-2-4-22(20)34-18-7-5-16(6-8-18)31-21-9-23(26)27-11-19(21)24(29-31)15-10-28-30(12-15)13-17(33)14-32/h1-4,9-12,16-18,32-33H,5-8,13-14H2,(H2,26,27)/t16-,17-,18+/m1/s1. The largest absolute Gasteiger partial charge is 0.487 e. The Kier molecular flexibility index (Phi) is 6.16. The van der Waals surface area contributed by atoms with E-state index in [9.17, 15) is 9.50 Å². The number of hydrogen-bond donors (Lipinski definition) is 3. The van der Waals surface area contributed by atoms with E-state index < -0.39 is 6.10 Å². The van der Waals surface area contributed by atoms with Crippen molar-refractivity contribution in [3.8, 4) is 17.0 Å². The molecule has 0 radical (unpaired) electrons. The van der Waals surface area contributed by atoms with Crippen LogP contribution in [0.1, 0.15) is 31.7 Å². The van der Waals surface area contributed by atoms with E-state index in [0.717, 1.165) is 47.8 Å². The highest BCUT2D eigenvalue weighted by Gasteiger charge is 2.27. The van der Waals surface area contributed by atoms with Gasteiger partial charge in [0.2, 0.25) is 0 Å². The van der Waals surface area contributed by atoms with Crippen LogP contribution in [-0.2, 0) is 6.54 Å². The molecular formula is C24H27FN6O3. The van der Waals surface area contributed by atoms with Gasteiger partial charge in [-0.2, -0.15) is 10.2 Å². The smallest absolute Gasteiger partial charge is 0.165 e. The number of aliphatic hydroxyl groups excluding tert-OH is 2. The summed E-state index contributed by atoms with van der Waals surface area (Å²) in [6.07, 6.45) is 7.50. The second kappa shape index (κ2) is 9.40. The van der Waals surface area contributed by atoms with Gasteiger partial charge in [0, 0.05) is 29.4 Å². The molecule has 0 unspecified atom stereocenters. The summed E-state index contributed by atoms with van der Waals surface area (Å²) in [5.41, 5.74) is 8.41. The molecule has 178 valence electrons. The highest BCUT2D eigenvalue weighted by molar-refractivity contribution is 5.93. The van der Waals surface area contributed by atoms with Gasteiger partial charge in [-0.3, -0.25) is 9.36 Å². The number of aliphatic hydroxyl groups is 2. The third-order valence-electron chi connectivity index (χ3n) is 6.25. The summed E-state index contributed by atoms with van der Waals surface area (Å²) in [4.78, 5) is 4.26. The number of nitrogens with zero attached hydrogens (tertiary/aromatic N) is 5. The lowest BCUT2D eigenvalue weighted by molar-refractivity contribution is 0.0783. The maximum Gasteiger partial charge on any atom is 0.165 e. The molecule has 4 N–H and O–H groups in total. The number of nitrogen functional groups attached to an aromatic ring is 1. The molecule has 0 bridgehead atoms. The molecule has 4 aromatic rings. The summed E-state index contributed by atoms with van der Waals surface area (Å²) >= 11 is 0. The zero-order valence-electron chi connectivity index (χ0n) is 18.6. The van der Waals surface area contributed by atoms with E-state index in [1.165, 1.54) is 6.07 Å². The normalized spacial score (nSPS) is 19.4. The van der Waals surface area contributed by atoms with Crippen molar-refractivity contribution in [2.75, 3.05) is 12.3 Å². The van der Waals surface area contributed by atoms with Gasteiger partial charge in [0.05, 0.1) is 43.1 Å². The molecule has 0 amide bonds. The molecule has 0 aliphatic heterocycles. The zero-order valence-corrected chi connectivity index (χ0v) is 18.6. The lowest BCUT2D eigenvalue weighted by Gasteiger charge is -2.29. The number of aromatic nitrogens is 5. The summed E-state index contributed by atoms with van der Waals surface area (Å²) in [6, 6.07) is 8.46. The van der Waals surface area contributed by atoms with Crippen LogP contribution in [0.3, 0.4) is 0 Å². The van der Waals surface area contributed by atoms with Crippen molar-refractivity contribution in [2.45, 2.75) is 50.5 Å². The summed E-state index contributed by atoms with van der Waals surface area (Å²) < 4.78 is 23.5. The monoisotopic (exact) mass is 466 g/mol. The van der Waals surface area contributed by atoms with Crippen molar-refractivity contribution in [3.63, 3.8) is 0 Å². The lowest BCUT2D eigenvalue weighted by Crippen LogP contribution is -2.26. The fourth-order valence-electron chi connectivity index (χ4n) is 4.53. The molecule has 1 aliphatic carbocycles. The molecule has 34 heavy (non-hydrogen) atoms. The SMILES string of the molecule is Nc1cc2c(cn1)c(-c1cnn(C[C@@H](O)CO)c1)nn2[C@H]1CC[C@@H](Oc2ccccc2F)CC1. The highest BCUT2D eigenvalue weighted by Crippen LogP contribution is 2.36. The van der Waals surface area contributed by atoms with Crippen LogP contribution < -0.4 is 10.5 Å². The minimum atomic E-state index is -0.884. The maximum absolute atomic E-state index is 14.0. The summed E-state index contributed by atoms with van der Waals surface area (Å²) in [5.74, 6) is 0.362. The third kappa shape index (κ3) is 4.46. The Labute approximate surface area is 195 Å². The number of fused-ring (bicyclic) bond motifs is 1. The molecule has 1 saturated carbocycles. The molecule has 1 aromatic carbocycles. The number of para-hydroxylation sites is 1. The van der Waals surface area contributed by atoms with Crippen LogP contribution in [0.15, 0.2) is 48.9 Å². The van der Waals surface area contributed by atoms with Crippen molar-refractivity contribution in [1.82, 2.24) is 24.5 Å². The minimum Gasteiger partial charge on any atom is -0.487 e. The van der Waals surface area contributed by atoms with Crippen LogP contribution in [0, 0.1) is 5.82 Å².